The van der Waals surface area contributed by atoms with Crippen LogP contribution in [0.4, 0.5) is 0 Å². The highest BCUT2D eigenvalue weighted by Crippen LogP contribution is 2.31. The summed E-state index contributed by atoms with van der Waals surface area (Å²) in [5, 5.41) is 0. The van der Waals surface area contributed by atoms with E-state index in [9.17, 15) is 4.79 Å². The Bertz CT molecular complexity index is 178. The number of rotatable bonds is 2. The highest BCUT2D eigenvalue weighted by molar-refractivity contribution is 5.83. The zero-order valence-electron chi connectivity index (χ0n) is 10.2. The van der Waals surface area contributed by atoms with Crippen LogP contribution in [0.15, 0.2) is 0 Å². The second kappa shape index (κ2) is 3.81. The van der Waals surface area contributed by atoms with Crippen molar-refractivity contribution in [3.63, 3.8) is 0 Å². The van der Waals surface area contributed by atoms with Crippen LogP contribution in [0.5, 0.6) is 0 Å². The molecule has 0 aromatic heterocycles. The molecule has 0 aliphatic heterocycles. The van der Waals surface area contributed by atoms with Crippen molar-refractivity contribution in [2.24, 2.45) is 16.7 Å². The van der Waals surface area contributed by atoms with Gasteiger partial charge in [0, 0.05) is 11.8 Å². The van der Waals surface area contributed by atoms with Crippen molar-refractivity contribution in [3.05, 3.63) is 0 Å². The fourth-order valence-electron chi connectivity index (χ4n) is 0.890. The number of hydrogen-bond acceptors (Lipinski definition) is 1. The van der Waals surface area contributed by atoms with E-state index in [2.05, 4.69) is 27.7 Å². The van der Waals surface area contributed by atoms with Gasteiger partial charge in [-0.25, -0.2) is 0 Å². The predicted octanol–water partition coefficient (Wildman–Crippen LogP) is 3.67. The molecule has 0 radical (unpaired) electrons. The lowest BCUT2D eigenvalue weighted by atomic mass is 9.75. The first-order valence-corrected chi connectivity index (χ1v) is 5.08. The van der Waals surface area contributed by atoms with Crippen LogP contribution in [0.3, 0.4) is 0 Å². The van der Waals surface area contributed by atoms with Gasteiger partial charge < -0.3 is 0 Å². The molecule has 0 unspecified atom stereocenters. The van der Waals surface area contributed by atoms with Crippen LogP contribution in [0.1, 0.15) is 54.9 Å². The van der Waals surface area contributed by atoms with Gasteiger partial charge in [0.05, 0.1) is 0 Å². The van der Waals surface area contributed by atoms with Gasteiger partial charge in [-0.15, -0.1) is 0 Å². The first-order valence-electron chi connectivity index (χ1n) is 5.08. The zero-order chi connectivity index (χ0) is 10.9. The second-order valence-corrected chi connectivity index (χ2v) is 6.14. The van der Waals surface area contributed by atoms with Crippen molar-refractivity contribution >= 4 is 5.78 Å². The maximum atomic E-state index is 11.7. The third kappa shape index (κ3) is 4.44. The molecule has 0 heterocycles. The smallest absolute Gasteiger partial charge is 0.138 e. The lowest BCUT2D eigenvalue weighted by Crippen LogP contribution is -2.27. The number of hydrogen-bond donors (Lipinski definition) is 0. The molecule has 78 valence electrons. The van der Waals surface area contributed by atoms with Gasteiger partial charge in [0.2, 0.25) is 0 Å². The maximum absolute atomic E-state index is 11.7. The Balaban J connectivity index is 4.24. The van der Waals surface area contributed by atoms with E-state index < -0.39 is 0 Å². The van der Waals surface area contributed by atoms with E-state index in [0.29, 0.717) is 18.1 Å². The van der Waals surface area contributed by atoms with Crippen LogP contribution in [0, 0.1) is 16.7 Å². The quantitative estimate of drug-likeness (QED) is 0.640. The van der Waals surface area contributed by atoms with Crippen molar-refractivity contribution in [3.8, 4) is 0 Å². The second-order valence-electron chi connectivity index (χ2n) is 6.14. The molecule has 0 fully saturated rings. The number of carbonyl (C=O) groups excluding carboxylic acids is 1. The Labute approximate surface area is 82.9 Å². The summed E-state index contributed by atoms with van der Waals surface area (Å²) in [5.41, 5.74) is 0.0560. The summed E-state index contributed by atoms with van der Waals surface area (Å²) in [6, 6.07) is 0. The summed E-state index contributed by atoms with van der Waals surface area (Å²) in [6.07, 6.45) is 0.701. The molecule has 0 N–H and O–H groups in total. The summed E-state index contributed by atoms with van der Waals surface area (Å²) in [4.78, 5) is 11.7. The van der Waals surface area contributed by atoms with Gasteiger partial charge >= 0.3 is 0 Å². The predicted molar refractivity (Wildman–Crippen MR) is 57.7 cm³/mol. The number of Topliss-reactive ketones (excluding diaryl/α,β-unsaturated/α-hetero) is 1. The Morgan fingerprint density at radius 1 is 1.08 bits per heavy atom. The maximum Gasteiger partial charge on any atom is 0.138 e. The molecule has 0 spiro atoms. The third-order valence-corrected chi connectivity index (χ3v) is 2.81. The number of ketones is 1. The van der Waals surface area contributed by atoms with Crippen molar-refractivity contribution < 1.29 is 4.79 Å². The molecule has 0 aromatic rings. The Morgan fingerprint density at radius 3 is 1.69 bits per heavy atom. The summed E-state index contributed by atoms with van der Waals surface area (Å²) in [7, 11) is 0. The largest absolute Gasteiger partial charge is 0.299 e. The van der Waals surface area contributed by atoms with Gasteiger partial charge in [0.1, 0.15) is 5.78 Å². The van der Waals surface area contributed by atoms with Crippen LogP contribution in [0.2, 0.25) is 0 Å². The van der Waals surface area contributed by atoms with Crippen LogP contribution in [-0.4, -0.2) is 5.78 Å². The van der Waals surface area contributed by atoms with Gasteiger partial charge in [0.25, 0.3) is 0 Å². The number of carbonyl (C=O) groups is 1. The zero-order valence-corrected chi connectivity index (χ0v) is 10.2. The SMILES string of the molecule is C[C@H](CC(=O)C(C)(C)C)C(C)(C)C. The van der Waals surface area contributed by atoms with E-state index in [0.717, 1.165) is 0 Å². The summed E-state index contributed by atoms with van der Waals surface area (Å²) in [5.74, 6) is 0.828. The topological polar surface area (TPSA) is 17.1 Å². The fourth-order valence-corrected chi connectivity index (χ4v) is 0.890. The lowest BCUT2D eigenvalue weighted by molar-refractivity contribution is -0.127. The van der Waals surface area contributed by atoms with Gasteiger partial charge in [-0.05, 0) is 11.3 Å². The highest BCUT2D eigenvalue weighted by atomic mass is 16.1. The summed E-state index contributed by atoms with van der Waals surface area (Å²) >= 11 is 0. The molecule has 0 saturated carbocycles. The molecule has 0 aliphatic carbocycles. The normalized spacial score (nSPS) is 15.6. The minimum atomic E-state index is -0.181. The van der Waals surface area contributed by atoms with Crippen molar-refractivity contribution in [1.29, 1.82) is 0 Å². The minimum Gasteiger partial charge on any atom is -0.299 e. The van der Waals surface area contributed by atoms with Gasteiger partial charge in [0.15, 0.2) is 0 Å². The molecule has 0 aromatic carbocycles. The van der Waals surface area contributed by atoms with Gasteiger partial charge in [-0.2, -0.15) is 0 Å². The molecule has 0 aliphatic rings. The van der Waals surface area contributed by atoms with Crippen molar-refractivity contribution in [1.82, 2.24) is 0 Å². The molecule has 1 atom stereocenters. The third-order valence-electron chi connectivity index (χ3n) is 2.81. The van der Waals surface area contributed by atoms with E-state index >= 15 is 0 Å². The van der Waals surface area contributed by atoms with Crippen LogP contribution < -0.4 is 0 Å². The van der Waals surface area contributed by atoms with Gasteiger partial charge in [-0.3, -0.25) is 4.79 Å². The summed E-state index contributed by atoms with van der Waals surface area (Å²) < 4.78 is 0. The molecule has 1 heteroatoms. The molecule has 13 heavy (non-hydrogen) atoms. The van der Waals surface area contributed by atoms with Crippen LogP contribution >= 0.6 is 0 Å². The summed E-state index contributed by atoms with van der Waals surface area (Å²) in [6.45, 7) is 14.7. The minimum absolute atomic E-state index is 0.181. The van der Waals surface area contributed by atoms with Crippen LogP contribution in [0.25, 0.3) is 0 Å². The Kier molecular flexibility index (Phi) is 3.71. The van der Waals surface area contributed by atoms with E-state index in [-0.39, 0.29) is 10.8 Å². The molecule has 0 saturated heterocycles. The van der Waals surface area contributed by atoms with E-state index in [1.807, 2.05) is 20.8 Å². The van der Waals surface area contributed by atoms with Crippen LogP contribution in [-0.2, 0) is 4.79 Å². The first kappa shape index (κ1) is 12.7. The highest BCUT2D eigenvalue weighted by Gasteiger charge is 2.28. The lowest BCUT2D eigenvalue weighted by Gasteiger charge is -2.29. The average Bonchev–Trinajstić information content (AvgIpc) is 1.82. The average molecular weight is 184 g/mol. The fraction of sp³-hybridized carbons (Fsp3) is 0.917. The molecular formula is C12H24O. The molecule has 1 nitrogen and oxygen atoms in total. The molecule has 0 rings (SSSR count). The monoisotopic (exact) mass is 184 g/mol. The van der Waals surface area contributed by atoms with Gasteiger partial charge in [-0.1, -0.05) is 48.5 Å². The van der Waals surface area contributed by atoms with Crippen molar-refractivity contribution in [2.75, 3.05) is 0 Å². The standard InChI is InChI=1S/C12H24O/c1-9(11(2,3)4)8-10(13)12(5,6)7/h9H,8H2,1-7H3/t9-/m1/s1. The van der Waals surface area contributed by atoms with Crippen molar-refractivity contribution in [2.45, 2.75) is 54.9 Å². The van der Waals surface area contributed by atoms with E-state index in [1.165, 1.54) is 0 Å². The Hall–Kier alpha value is -0.330. The Morgan fingerprint density at radius 2 is 1.46 bits per heavy atom. The molecule has 0 bridgehead atoms. The van der Waals surface area contributed by atoms with E-state index in [4.69, 9.17) is 0 Å². The first-order chi connectivity index (χ1) is 5.55. The molecule has 0 amide bonds. The molecular weight excluding hydrogens is 160 g/mol. The van der Waals surface area contributed by atoms with E-state index in [1.54, 1.807) is 0 Å².